The minimum absolute atomic E-state index is 0.0609. The quantitative estimate of drug-likeness (QED) is 0.883. The van der Waals surface area contributed by atoms with Crippen LogP contribution in [0.25, 0.3) is 0 Å². The highest BCUT2D eigenvalue weighted by Crippen LogP contribution is 2.20. The van der Waals surface area contributed by atoms with Gasteiger partial charge in [0, 0.05) is 18.3 Å². The number of amides is 1. The topological polar surface area (TPSA) is 64.7 Å². The molecule has 7 heteroatoms. The van der Waals surface area contributed by atoms with Gasteiger partial charge in [0.2, 0.25) is 5.91 Å². The Morgan fingerprint density at radius 2 is 2.00 bits per heavy atom. The van der Waals surface area contributed by atoms with Crippen molar-refractivity contribution in [2.75, 3.05) is 0 Å². The first-order chi connectivity index (χ1) is 10.3. The lowest BCUT2D eigenvalue weighted by Crippen LogP contribution is -2.31. The maximum absolute atomic E-state index is 12.2. The van der Waals surface area contributed by atoms with Crippen molar-refractivity contribution in [2.24, 2.45) is 0 Å². The Hall–Kier alpha value is -1.63. The zero-order chi connectivity index (χ0) is 16.4. The first-order valence-corrected chi connectivity index (χ1v) is 8.15. The van der Waals surface area contributed by atoms with Crippen molar-refractivity contribution in [3.63, 3.8) is 0 Å². The van der Waals surface area contributed by atoms with Gasteiger partial charge in [0.15, 0.2) is 0 Å². The monoisotopic (exact) mass is 367 g/mol. The van der Waals surface area contributed by atoms with Gasteiger partial charge in [-0.2, -0.15) is 10.2 Å². The van der Waals surface area contributed by atoms with Crippen LogP contribution in [0.15, 0.2) is 10.7 Å². The molecule has 0 radical (unpaired) electrons. The summed E-state index contributed by atoms with van der Waals surface area (Å²) >= 11 is 3.47. The smallest absolute Gasteiger partial charge is 0.242 e. The second-order valence-electron chi connectivity index (χ2n) is 5.46. The molecule has 1 N–H and O–H groups in total. The number of nitrogens with zero attached hydrogens (tertiary/aromatic N) is 4. The van der Waals surface area contributed by atoms with Crippen LogP contribution in [0.4, 0.5) is 0 Å². The summed E-state index contributed by atoms with van der Waals surface area (Å²) in [6, 6.07) is -0.0757. The van der Waals surface area contributed by atoms with E-state index in [1.807, 2.05) is 45.5 Å². The van der Waals surface area contributed by atoms with Crippen molar-refractivity contribution in [3.8, 4) is 0 Å². The summed E-state index contributed by atoms with van der Waals surface area (Å²) < 4.78 is 4.54. The molecule has 2 rings (SSSR count). The molecule has 0 aromatic carbocycles. The summed E-state index contributed by atoms with van der Waals surface area (Å²) in [7, 11) is 0. The van der Waals surface area contributed by atoms with Gasteiger partial charge in [0.25, 0.3) is 0 Å². The molecule has 0 aliphatic rings. The lowest BCUT2D eigenvalue weighted by Gasteiger charge is -2.13. The fourth-order valence-electron chi connectivity index (χ4n) is 2.45. The van der Waals surface area contributed by atoms with E-state index >= 15 is 0 Å². The van der Waals surface area contributed by atoms with Crippen LogP contribution in [0.3, 0.4) is 0 Å². The molecule has 120 valence electrons. The van der Waals surface area contributed by atoms with Gasteiger partial charge in [-0.3, -0.25) is 14.2 Å². The number of carbonyl (C=O) groups excluding carboxylic acids is 1. The zero-order valence-corrected chi connectivity index (χ0v) is 15.2. The summed E-state index contributed by atoms with van der Waals surface area (Å²) in [6.45, 7) is 10.9. The molecule has 0 saturated carbocycles. The van der Waals surface area contributed by atoms with E-state index in [2.05, 4.69) is 31.4 Å². The van der Waals surface area contributed by atoms with E-state index in [-0.39, 0.29) is 18.5 Å². The van der Waals surface area contributed by atoms with Crippen LogP contribution in [0.5, 0.6) is 0 Å². The Kier molecular flexibility index (Phi) is 5.05. The van der Waals surface area contributed by atoms with Gasteiger partial charge in [-0.15, -0.1) is 0 Å². The van der Waals surface area contributed by atoms with Crippen LogP contribution in [0, 0.1) is 20.8 Å². The van der Waals surface area contributed by atoms with Crippen molar-refractivity contribution < 1.29 is 4.79 Å². The van der Waals surface area contributed by atoms with Crippen LogP contribution in [-0.2, 0) is 17.9 Å². The van der Waals surface area contributed by atoms with Crippen LogP contribution in [-0.4, -0.2) is 25.5 Å². The number of aryl methyl sites for hydroxylation is 3. The van der Waals surface area contributed by atoms with Gasteiger partial charge in [-0.25, -0.2) is 0 Å². The molecule has 22 heavy (non-hydrogen) atoms. The van der Waals surface area contributed by atoms with Crippen LogP contribution >= 0.6 is 15.9 Å². The minimum atomic E-state index is -0.0757. The number of carbonyl (C=O) groups is 1. The number of aromatic nitrogens is 4. The number of nitrogens with one attached hydrogen (secondary N) is 1. The predicted octanol–water partition coefficient (Wildman–Crippen LogP) is 2.66. The van der Waals surface area contributed by atoms with E-state index in [9.17, 15) is 4.79 Å². The number of rotatable bonds is 5. The molecule has 2 aromatic heterocycles. The molecule has 0 saturated heterocycles. The van der Waals surface area contributed by atoms with Crippen molar-refractivity contribution in [3.05, 3.63) is 33.3 Å². The summed E-state index contributed by atoms with van der Waals surface area (Å²) in [4.78, 5) is 12.2. The van der Waals surface area contributed by atoms with Crippen molar-refractivity contribution in [1.29, 1.82) is 0 Å². The lowest BCUT2D eigenvalue weighted by molar-refractivity contribution is -0.122. The molecule has 0 fully saturated rings. The van der Waals surface area contributed by atoms with Crippen molar-refractivity contribution >= 4 is 21.8 Å². The summed E-state index contributed by atoms with van der Waals surface area (Å²) in [6.07, 6.45) is 1.99. The summed E-state index contributed by atoms with van der Waals surface area (Å²) in [5.41, 5.74) is 3.84. The standard InChI is InChI=1S/C15H22BrN5O/c1-6-20-7-13(10(3)18-20)9(2)17-14(22)8-21-12(5)15(16)11(4)19-21/h7,9H,6,8H2,1-5H3,(H,17,22). The number of halogens is 1. The van der Waals surface area contributed by atoms with Crippen LogP contribution in [0.1, 0.15) is 42.5 Å². The Morgan fingerprint density at radius 3 is 2.50 bits per heavy atom. The molecule has 1 amide bonds. The van der Waals surface area contributed by atoms with Crippen LogP contribution in [0.2, 0.25) is 0 Å². The fourth-order valence-corrected chi connectivity index (χ4v) is 2.73. The molecule has 0 spiro atoms. The fraction of sp³-hybridized carbons (Fsp3) is 0.533. The SMILES string of the molecule is CCn1cc(C(C)NC(=O)Cn2nc(C)c(Br)c2C)c(C)n1. The van der Waals surface area contributed by atoms with Gasteiger partial charge in [0.05, 0.1) is 27.6 Å². The van der Waals surface area contributed by atoms with Gasteiger partial charge in [-0.05, 0) is 50.5 Å². The number of hydrogen-bond donors (Lipinski definition) is 1. The van der Waals surface area contributed by atoms with Gasteiger partial charge >= 0.3 is 0 Å². The molecule has 1 unspecified atom stereocenters. The Morgan fingerprint density at radius 1 is 1.32 bits per heavy atom. The highest BCUT2D eigenvalue weighted by Gasteiger charge is 2.17. The number of hydrogen-bond acceptors (Lipinski definition) is 3. The molecule has 6 nitrogen and oxygen atoms in total. The minimum Gasteiger partial charge on any atom is -0.348 e. The molecule has 0 aliphatic carbocycles. The Balaban J connectivity index is 2.04. The molecule has 0 aliphatic heterocycles. The van der Waals surface area contributed by atoms with Gasteiger partial charge < -0.3 is 5.32 Å². The third-order valence-electron chi connectivity index (χ3n) is 3.74. The second-order valence-corrected chi connectivity index (χ2v) is 6.25. The molecule has 0 bridgehead atoms. The van der Waals surface area contributed by atoms with E-state index in [0.29, 0.717) is 0 Å². The highest BCUT2D eigenvalue weighted by molar-refractivity contribution is 9.10. The first kappa shape index (κ1) is 16.7. The third-order valence-corrected chi connectivity index (χ3v) is 4.89. The van der Waals surface area contributed by atoms with Crippen molar-refractivity contribution in [2.45, 2.75) is 53.8 Å². The average molecular weight is 368 g/mol. The largest absolute Gasteiger partial charge is 0.348 e. The maximum atomic E-state index is 12.2. The summed E-state index contributed by atoms with van der Waals surface area (Å²) in [5, 5.41) is 11.8. The van der Waals surface area contributed by atoms with Gasteiger partial charge in [0.1, 0.15) is 6.54 Å². The average Bonchev–Trinajstić information content (AvgIpc) is 2.95. The van der Waals surface area contributed by atoms with E-state index in [0.717, 1.165) is 33.7 Å². The first-order valence-electron chi connectivity index (χ1n) is 7.36. The van der Waals surface area contributed by atoms with E-state index in [1.165, 1.54) is 0 Å². The summed E-state index contributed by atoms with van der Waals surface area (Å²) in [5.74, 6) is -0.0609. The van der Waals surface area contributed by atoms with Gasteiger partial charge in [-0.1, -0.05) is 0 Å². The molecule has 2 aromatic rings. The third kappa shape index (κ3) is 3.40. The Labute approximate surface area is 139 Å². The predicted molar refractivity (Wildman–Crippen MR) is 88.6 cm³/mol. The van der Waals surface area contributed by atoms with E-state index < -0.39 is 0 Å². The zero-order valence-electron chi connectivity index (χ0n) is 13.6. The molecule has 1 atom stereocenters. The normalized spacial score (nSPS) is 12.5. The molecular weight excluding hydrogens is 346 g/mol. The van der Waals surface area contributed by atoms with Crippen molar-refractivity contribution in [1.82, 2.24) is 24.9 Å². The van der Waals surface area contributed by atoms with E-state index in [4.69, 9.17) is 0 Å². The van der Waals surface area contributed by atoms with Crippen LogP contribution < -0.4 is 5.32 Å². The molecule has 2 heterocycles. The maximum Gasteiger partial charge on any atom is 0.242 e. The highest BCUT2D eigenvalue weighted by atomic mass is 79.9. The van der Waals surface area contributed by atoms with E-state index in [1.54, 1.807) is 4.68 Å². The lowest BCUT2D eigenvalue weighted by atomic mass is 10.1. The Bertz CT molecular complexity index is 688. The molecular formula is C15H22BrN5O. The second kappa shape index (κ2) is 6.64.